The van der Waals surface area contributed by atoms with Crippen molar-refractivity contribution in [2.45, 2.75) is 19.0 Å². The number of thiocarbonyl (C=S) groups is 1. The van der Waals surface area contributed by atoms with E-state index in [4.69, 9.17) is 12.2 Å². The van der Waals surface area contributed by atoms with Crippen LogP contribution in [-0.2, 0) is 5.66 Å². The number of halogens is 1. The van der Waals surface area contributed by atoms with Gasteiger partial charge in [0.05, 0.1) is 5.69 Å². The minimum absolute atomic E-state index is 0.311. The summed E-state index contributed by atoms with van der Waals surface area (Å²) in [4.78, 5) is 0. The number of benzene rings is 2. The Kier molecular flexibility index (Phi) is 3.61. The fourth-order valence-electron chi connectivity index (χ4n) is 2.54. The molecule has 1 atom stereocenters. The molecule has 1 aliphatic rings. The van der Waals surface area contributed by atoms with Gasteiger partial charge in [-0.05, 0) is 36.3 Å². The van der Waals surface area contributed by atoms with Crippen molar-refractivity contribution in [1.82, 2.24) is 10.7 Å². The average Bonchev–Trinajstić information content (AvgIpc) is 2.87. The summed E-state index contributed by atoms with van der Waals surface area (Å²) in [5.41, 5.74) is 4.29. The molecule has 2 aromatic rings. The van der Waals surface area contributed by atoms with Gasteiger partial charge in [0.1, 0.15) is 11.5 Å². The summed E-state index contributed by atoms with van der Waals surface area (Å²) < 4.78 is 14.0. The standard InChI is InChI=1S/C16H16FN3S/c1-2-16(12-8-4-3-5-9-12)18-15(21)20(19-16)14-11-7-6-10-13(14)17/h3-11,19H,2H2,1H3,(H,18,21). The van der Waals surface area contributed by atoms with Gasteiger partial charge in [-0.3, -0.25) is 0 Å². The van der Waals surface area contributed by atoms with Crippen LogP contribution < -0.4 is 15.8 Å². The third-order valence-electron chi connectivity index (χ3n) is 3.72. The second kappa shape index (κ2) is 5.42. The van der Waals surface area contributed by atoms with E-state index in [1.54, 1.807) is 23.2 Å². The van der Waals surface area contributed by atoms with Crippen molar-refractivity contribution >= 4 is 23.0 Å². The highest BCUT2D eigenvalue weighted by Gasteiger charge is 2.41. The molecule has 1 fully saturated rings. The van der Waals surface area contributed by atoms with E-state index in [2.05, 4.69) is 17.7 Å². The Morgan fingerprint density at radius 2 is 1.76 bits per heavy atom. The van der Waals surface area contributed by atoms with Gasteiger partial charge >= 0.3 is 0 Å². The highest BCUT2D eigenvalue weighted by atomic mass is 32.1. The van der Waals surface area contributed by atoms with Gasteiger partial charge in [-0.1, -0.05) is 49.4 Å². The molecule has 1 saturated heterocycles. The van der Waals surface area contributed by atoms with Crippen LogP contribution in [0, 0.1) is 5.82 Å². The summed E-state index contributed by atoms with van der Waals surface area (Å²) >= 11 is 5.38. The van der Waals surface area contributed by atoms with Gasteiger partial charge in [-0.25, -0.2) is 9.40 Å². The van der Waals surface area contributed by atoms with Gasteiger partial charge in [0.15, 0.2) is 5.11 Å². The Bertz CT molecular complexity index is 662. The van der Waals surface area contributed by atoms with Crippen molar-refractivity contribution in [2.75, 3.05) is 5.01 Å². The number of hydrogen-bond acceptors (Lipinski definition) is 2. The third-order valence-corrected chi connectivity index (χ3v) is 4.00. The van der Waals surface area contributed by atoms with Crippen LogP contribution in [-0.4, -0.2) is 5.11 Å². The molecule has 0 aromatic heterocycles. The SMILES string of the molecule is CCC1(c2ccccc2)NC(=S)N(c2ccccc2F)N1. The molecule has 21 heavy (non-hydrogen) atoms. The molecule has 2 aromatic carbocycles. The fourth-order valence-corrected chi connectivity index (χ4v) is 2.86. The molecule has 2 N–H and O–H groups in total. The Balaban J connectivity index is 1.99. The van der Waals surface area contributed by atoms with Crippen LogP contribution in [0.4, 0.5) is 10.1 Å². The zero-order valence-corrected chi connectivity index (χ0v) is 12.5. The van der Waals surface area contributed by atoms with Crippen molar-refractivity contribution in [3.05, 3.63) is 66.0 Å². The van der Waals surface area contributed by atoms with Crippen molar-refractivity contribution in [3.63, 3.8) is 0 Å². The summed E-state index contributed by atoms with van der Waals surface area (Å²) in [6.07, 6.45) is 0.766. The Morgan fingerprint density at radius 1 is 1.10 bits per heavy atom. The second-order valence-electron chi connectivity index (χ2n) is 4.95. The zero-order valence-electron chi connectivity index (χ0n) is 11.6. The highest BCUT2D eigenvalue weighted by molar-refractivity contribution is 7.80. The van der Waals surface area contributed by atoms with Gasteiger partial charge in [-0.2, -0.15) is 5.43 Å². The number of para-hydroxylation sites is 1. The minimum atomic E-state index is -0.513. The van der Waals surface area contributed by atoms with Gasteiger partial charge in [0, 0.05) is 0 Å². The van der Waals surface area contributed by atoms with Gasteiger partial charge in [0.25, 0.3) is 0 Å². The lowest BCUT2D eigenvalue weighted by Crippen LogP contribution is -2.48. The largest absolute Gasteiger partial charge is 0.338 e. The Hall–Kier alpha value is -1.98. The normalized spacial score (nSPS) is 21.4. The molecule has 1 heterocycles. The minimum Gasteiger partial charge on any atom is -0.338 e. The first-order valence-corrected chi connectivity index (χ1v) is 7.27. The van der Waals surface area contributed by atoms with Gasteiger partial charge in [-0.15, -0.1) is 0 Å². The molecule has 0 spiro atoms. The molecule has 0 radical (unpaired) electrons. The van der Waals surface area contributed by atoms with E-state index in [0.29, 0.717) is 10.8 Å². The van der Waals surface area contributed by atoms with E-state index in [1.165, 1.54) is 6.07 Å². The predicted octanol–water partition coefficient (Wildman–Crippen LogP) is 3.29. The molecule has 5 heteroatoms. The Morgan fingerprint density at radius 3 is 2.43 bits per heavy atom. The molecule has 1 aliphatic heterocycles. The average molecular weight is 301 g/mol. The maximum Gasteiger partial charge on any atom is 0.190 e. The quantitative estimate of drug-likeness (QED) is 0.851. The molecule has 0 bridgehead atoms. The van der Waals surface area contributed by atoms with Gasteiger partial charge in [0.2, 0.25) is 0 Å². The Labute approximate surface area is 128 Å². The maximum absolute atomic E-state index is 14.0. The number of nitrogens with zero attached hydrogens (tertiary/aromatic N) is 1. The summed E-state index contributed by atoms with van der Waals surface area (Å²) in [7, 11) is 0. The van der Waals surface area contributed by atoms with Crippen LogP contribution in [0.3, 0.4) is 0 Å². The first-order valence-electron chi connectivity index (χ1n) is 6.86. The molecular formula is C16H16FN3S. The number of hydrazine groups is 1. The lowest BCUT2D eigenvalue weighted by Gasteiger charge is -2.29. The van der Waals surface area contributed by atoms with E-state index >= 15 is 0 Å². The predicted molar refractivity (Wildman–Crippen MR) is 86.2 cm³/mol. The summed E-state index contributed by atoms with van der Waals surface area (Å²) in [5, 5.41) is 5.35. The third kappa shape index (κ3) is 2.39. The van der Waals surface area contributed by atoms with E-state index < -0.39 is 5.66 Å². The monoisotopic (exact) mass is 301 g/mol. The lowest BCUT2D eigenvalue weighted by atomic mass is 9.98. The van der Waals surface area contributed by atoms with Gasteiger partial charge < -0.3 is 5.32 Å². The van der Waals surface area contributed by atoms with Crippen molar-refractivity contribution in [2.24, 2.45) is 0 Å². The molecular weight excluding hydrogens is 285 g/mol. The summed E-state index contributed by atoms with van der Waals surface area (Å²) in [6, 6.07) is 16.5. The topological polar surface area (TPSA) is 27.3 Å². The highest BCUT2D eigenvalue weighted by Crippen LogP contribution is 2.30. The van der Waals surface area contributed by atoms with Crippen LogP contribution in [0.2, 0.25) is 0 Å². The number of rotatable bonds is 3. The molecule has 1 unspecified atom stereocenters. The lowest BCUT2D eigenvalue weighted by molar-refractivity contribution is 0.336. The number of nitrogens with one attached hydrogen (secondary N) is 2. The first-order chi connectivity index (χ1) is 10.2. The fraction of sp³-hybridized carbons (Fsp3) is 0.188. The van der Waals surface area contributed by atoms with E-state index in [9.17, 15) is 4.39 Å². The molecule has 0 aliphatic carbocycles. The molecule has 3 rings (SSSR count). The molecule has 3 nitrogen and oxygen atoms in total. The summed E-state index contributed by atoms with van der Waals surface area (Å²) in [6.45, 7) is 2.06. The number of hydrogen-bond donors (Lipinski definition) is 2. The van der Waals surface area contributed by atoms with E-state index in [0.717, 1.165) is 12.0 Å². The summed E-state index contributed by atoms with van der Waals surface area (Å²) in [5.74, 6) is -0.311. The van der Waals surface area contributed by atoms with Crippen molar-refractivity contribution in [3.8, 4) is 0 Å². The van der Waals surface area contributed by atoms with Crippen LogP contribution in [0.1, 0.15) is 18.9 Å². The van der Waals surface area contributed by atoms with Crippen molar-refractivity contribution in [1.29, 1.82) is 0 Å². The molecule has 108 valence electrons. The second-order valence-corrected chi connectivity index (χ2v) is 5.34. The van der Waals surface area contributed by atoms with Crippen LogP contribution in [0.15, 0.2) is 54.6 Å². The van der Waals surface area contributed by atoms with E-state index in [1.807, 2.05) is 30.3 Å². The van der Waals surface area contributed by atoms with Crippen LogP contribution >= 0.6 is 12.2 Å². The van der Waals surface area contributed by atoms with E-state index in [-0.39, 0.29) is 5.82 Å². The molecule has 0 saturated carbocycles. The van der Waals surface area contributed by atoms with Crippen LogP contribution in [0.25, 0.3) is 0 Å². The van der Waals surface area contributed by atoms with Crippen molar-refractivity contribution < 1.29 is 4.39 Å². The maximum atomic E-state index is 14.0. The molecule has 0 amide bonds. The first kappa shape index (κ1) is 14.0. The zero-order chi connectivity index (χ0) is 14.9. The van der Waals surface area contributed by atoms with Crippen LogP contribution in [0.5, 0.6) is 0 Å². The smallest absolute Gasteiger partial charge is 0.190 e. The number of anilines is 1.